The van der Waals surface area contributed by atoms with Crippen molar-refractivity contribution in [2.45, 2.75) is 26.8 Å². The van der Waals surface area contributed by atoms with Crippen LogP contribution in [0.3, 0.4) is 0 Å². The van der Waals surface area contributed by atoms with Crippen molar-refractivity contribution < 1.29 is 4.79 Å². The van der Waals surface area contributed by atoms with Gasteiger partial charge in [-0.25, -0.2) is 0 Å². The molecule has 0 heterocycles. The van der Waals surface area contributed by atoms with Gasteiger partial charge in [0.25, 0.3) is 0 Å². The number of anilines is 1. The Morgan fingerprint density at radius 1 is 1.22 bits per heavy atom. The maximum Gasteiger partial charge on any atom is 0.241 e. The quantitative estimate of drug-likeness (QED) is 0.869. The zero-order chi connectivity index (χ0) is 14.1. The van der Waals surface area contributed by atoms with Crippen molar-refractivity contribution in [2.75, 3.05) is 5.32 Å². The zero-order valence-electron chi connectivity index (χ0n) is 10.4. The first kappa shape index (κ1) is 15.6. The Kier molecular flexibility index (Phi) is 4.90. The number of carbonyl (C=O) groups is 1. The minimum Gasteiger partial charge on any atom is -0.322 e. The SMILES string of the molecule is CC(C)(C)[C@@H](N)C(=O)Nc1c(Cl)cc(Cl)cc1Cl. The fraction of sp³-hybridized carbons (Fsp3) is 0.417. The summed E-state index contributed by atoms with van der Waals surface area (Å²) in [6.07, 6.45) is 0. The molecule has 0 bridgehead atoms. The van der Waals surface area contributed by atoms with E-state index in [1.165, 1.54) is 12.1 Å². The summed E-state index contributed by atoms with van der Waals surface area (Å²) in [5, 5.41) is 3.59. The summed E-state index contributed by atoms with van der Waals surface area (Å²) in [7, 11) is 0. The van der Waals surface area contributed by atoms with E-state index < -0.39 is 6.04 Å². The number of nitrogens with one attached hydrogen (secondary N) is 1. The molecular formula is C12H15Cl3N2O. The van der Waals surface area contributed by atoms with Crippen LogP contribution in [-0.2, 0) is 4.79 Å². The topological polar surface area (TPSA) is 55.1 Å². The maximum atomic E-state index is 12.0. The van der Waals surface area contributed by atoms with Gasteiger partial charge in [-0.3, -0.25) is 4.79 Å². The molecule has 18 heavy (non-hydrogen) atoms. The molecule has 0 fully saturated rings. The summed E-state index contributed by atoms with van der Waals surface area (Å²) in [5.41, 5.74) is 5.82. The average Bonchev–Trinajstić information content (AvgIpc) is 2.20. The largest absolute Gasteiger partial charge is 0.322 e. The van der Waals surface area contributed by atoms with Crippen molar-refractivity contribution in [3.63, 3.8) is 0 Å². The van der Waals surface area contributed by atoms with Crippen LogP contribution in [0.25, 0.3) is 0 Å². The Morgan fingerprint density at radius 3 is 2.06 bits per heavy atom. The second-order valence-electron chi connectivity index (χ2n) is 5.08. The summed E-state index contributed by atoms with van der Waals surface area (Å²) in [6.45, 7) is 5.63. The molecule has 1 rings (SSSR count). The summed E-state index contributed by atoms with van der Waals surface area (Å²) in [6, 6.07) is 2.35. The average molecular weight is 310 g/mol. The van der Waals surface area contributed by atoms with Crippen molar-refractivity contribution in [3.05, 3.63) is 27.2 Å². The van der Waals surface area contributed by atoms with Crippen molar-refractivity contribution in [1.82, 2.24) is 0 Å². The lowest BCUT2D eigenvalue weighted by atomic mass is 9.87. The van der Waals surface area contributed by atoms with E-state index in [-0.39, 0.29) is 21.4 Å². The summed E-state index contributed by atoms with van der Waals surface area (Å²) >= 11 is 17.7. The number of carbonyl (C=O) groups excluding carboxylic acids is 1. The predicted molar refractivity (Wildman–Crippen MR) is 77.5 cm³/mol. The van der Waals surface area contributed by atoms with Gasteiger partial charge in [0.1, 0.15) is 0 Å². The molecule has 100 valence electrons. The lowest BCUT2D eigenvalue weighted by Crippen LogP contribution is -2.45. The smallest absolute Gasteiger partial charge is 0.241 e. The molecular weight excluding hydrogens is 295 g/mol. The van der Waals surface area contributed by atoms with E-state index in [0.29, 0.717) is 10.7 Å². The molecule has 0 aliphatic rings. The maximum absolute atomic E-state index is 12.0. The van der Waals surface area contributed by atoms with Crippen LogP contribution in [0.4, 0.5) is 5.69 Å². The Bertz CT molecular complexity index is 446. The van der Waals surface area contributed by atoms with Crippen LogP contribution in [0.2, 0.25) is 15.1 Å². The van der Waals surface area contributed by atoms with Gasteiger partial charge < -0.3 is 11.1 Å². The molecule has 1 aromatic carbocycles. The molecule has 0 unspecified atom stereocenters. The summed E-state index contributed by atoms with van der Waals surface area (Å²) in [5.74, 6) is -0.339. The molecule has 0 saturated carbocycles. The number of hydrogen-bond donors (Lipinski definition) is 2. The molecule has 0 spiro atoms. The summed E-state index contributed by atoms with van der Waals surface area (Å²) < 4.78 is 0. The normalized spacial score (nSPS) is 13.3. The number of halogens is 3. The molecule has 3 nitrogen and oxygen atoms in total. The molecule has 1 amide bonds. The molecule has 0 aliphatic carbocycles. The third kappa shape index (κ3) is 3.75. The van der Waals surface area contributed by atoms with E-state index in [1.807, 2.05) is 20.8 Å². The third-order valence-electron chi connectivity index (χ3n) is 2.47. The molecule has 6 heteroatoms. The number of hydrogen-bond acceptors (Lipinski definition) is 2. The fourth-order valence-corrected chi connectivity index (χ4v) is 2.17. The number of rotatable bonds is 2. The van der Waals surface area contributed by atoms with Gasteiger partial charge in [-0.15, -0.1) is 0 Å². The van der Waals surface area contributed by atoms with Crippen LogP contribution >= 0.6 is 34.8 Å². The lowest BCUT2D eigenvalue weighted by Gasteiger charge is -2.26. The minimum absolute atomic E-state index is 0.280. The highest BCUT2D eigenvalue weighted by Crippen LogP contribution is 2.34. The molecule has 0 radical (unpaired) electrons. The van der Waals surface area contributed by atoms with Gasteiger partial charge in [-0.2, -0.15) is 0 Å². The lowest BCUT2D eigenvalue weighted by molar-refractivity contribution is -0.119. The second kappa shape index (κ2) is 5.66. The van der Waals surface area contributed by atoms with Crippen LogP contribution < -0.4 is 11.1 Å². The van der Waals surface area contributed by atoms with Crippen molar-refractivity contribution in [2.24, 2.45) is 11.1 Å². The van der Waals surface area contributed by atoms with Crippen LogP contribution in [0.5, 0.6) is 0 Å². The van der Waals surface area contributed by atoms with E-state index in [4.69, 9.17) is 40.5 Å². The van der Waals surface area contributed by atoms with E-state index in [0.717, 1.165) is 0 Å². The van der Waals surface area contributed by atoms with E-state index >= 15 is 0 Å². The molecule has 0 aliphatic heterocycles. The zero-order valence-corrected chi connectivity index (χ0v) is 12.6. The highest BCUT2D eigenvalue weighted by atomic mass is 35.5. The Balaban J connectivity index is 2.96. The monoisotopic (exact) mass is 308 g/mol. The van der Waals surface area contributed by atoms with Gasteiger partial charge in [0.05, 0.1) is 21.8 Å². The molecule has 3 N–H and O–H groups in total. The first-order valence-electron chi connectivity index (χ1n) is 5.34. The highest BCUT2D eigenvalue weighted by molar-refractivity contribution is 6.42. The predicted octanol–water partition coefficient (Wildman–Crippen LogP) is 3.96. The minimum atomic E-state index is -0.666. The standard InChI is InChI=1S/C12H15Cl3N2O/c1-12(2,3)10(16)11(18)17-9-7(14)4-6(13)5-8(9)15/h4-5,10H,16H2,1-3H3,(H,17,18)/t10-/m0/s1. The van der Waals surface area contributed by atoms with Crippen molar-refractivity contribution >= 4 is 46.4 Å². The Hall–Kier alpha value is -0.480. The van der Waals surface area contributed by atoms with Gasteiger partial charge in [-0.1, -0.05) is 55.6 Å². The summed E-state index contributed by atoms with van der Waals surface area (Å²) in [4.78, 5) is 12.0. The van der Waals surface area contributed by atoms with Crippen LogP contribution in [0, 0.1) is 5.41 Å². The van der Waals surface area contributed by atoms with Crippen LogP contribution in [-0.4, -0.2) is 11.9 Å². The first-order valence-corrected chi connectivity index (χ1v) is 6.47. The van der Waals surface area contributed by atoms with E-state index in [9.17, 15) is 4.79 Å². The van der Waals surface area contributed by atoms with Gasteiger partial charge in [0, 0.05) is 5.02 Å². The molecule has 1 atom stereocenters. The number of benzene rings is 1. The Morgan fingerprint density at radius 2 is 1.67 bits per heavy atom. The van der Waals surface area contributed by atoms with Crippen molar-refractivity contribution in [1.29, 1.82) is 0 Å². The van der Waals surface area contributed by atoms with E-state index in [1.54, 1.807) is 0 Å². The van der Waals surface area contributed by atoms with Gasteiger partial charge in [0.15, 0.2) is 0 Å². The van der Waals surface area contributed by atoms with Gasteiger partial charge in [0.2, 0.25) is 5.91 Å². The van der Waals surface area contributed by atoms with E-state index in [2.05, 4.69) is 5.32 Å². The third-order valence-corrected chi connectivity index (χ3v) is 3.28. The molecule has 0 aromatic heterocycles. The second-order valence-corrected chi connectivity index (χ2v) is 6.33. The molecule has 1 aromatic rings. The fourth-order valence-electron chi connectivity index (χ4n) is 1.26. The van der Waals surface area contributed by atoms with Crippen LogP contribution in [0.1, 0.15) is 20.8 Å². The molecule has 0 saturated heterocycles. The van der Waals surface area contributed by atoms with Gasteiger partial charge in [-0.05, 0) is 17.5 Å². The number of nitrogens with two attached hydrogens (primary N) is 1. The Labute approximate surface area is 122 Å². The highest BCUT2D eigenvalue weighted by Gasteiger charge is 2.28. The van der Waals surface area contributed by atoms with Gasteiger partial charge >= 0.3 is 0 Å². The van der Waals surface area contributed by atoms with Crippen molar-refractivity contribution in [3.8, 4) is 0 Å². The van der Waals surface area contributed by atoms with Crippen LogP contribution in [0.15, 0.2) is 12.1 Å². The number of amides is 1. The first-order chi connectivity index (χ1) is 8.12.